The predicted octanol–water partition coefficient (Wildman–Crippen LogP) is 3.44. The van der Waals surface area contributed by atoms with E-state index in [9.17, 15) is 0 Å². The lowest BCUT2D eigenvalue weighted by Crippen LogP contribution is -2.43. The lowest BCUT2D eigenvalue weighted by molar-refractivity contribution is 0.441. The monoisotopic (exact) mass is 389 g/mol. The van der Waals surface area contributed by atoms with Crippen LogP contribution < -0.4 is 15.5 Å². The molecule has 0 atom stereocenters. The summed E-state index contributed by atoms with van der Waals surface area (Å²) in [6.07, 6.45) is 3.71. The van der Waals surface area contributed by atoms with Crippen LogP contribution in [0.2, 0.25) is 0 Å². The smallest absolute Gasteiger partial charge is 0.228 e. The molecule has 1 aliphatic heterocycles. The van der Waals surface area contributed by atoms with Crippen LogP contribution in [-0.4, -0.2) is 46.3 Å². The number of nitrogens with one attached hydrogen (secondary N) is 2. The molecule has 0 spiro atoms. The van der Waals surface area contributed by atoms with Crippen LogP contribution in [0.25, 0.3) is 21.9 Å². The van der Waals surface area contributed by atoms with E-state index in [-0.39, 0.29) is 5.92 Å². The van der Waals surface area contributed by atoms with Crippen molar-refractivity contribution in [2.45, 2.75) is 19.8 Å². The van der Waals surface area contributed by atoms with E-state index in [0.29, 0.717) is 11.8 Å². The number of pyridine rings is 1. The molecule has 5 rings (SSSR count). The standard InChI is InChI=1S/C21H23N7O/c1-13(2)19-18-16(29-27-19)5-3-14-11-24-21(26-20(14)18)25-17-6-4-15(12-23-17)28-9-7-22-8-10-28/h3-6,11-13,22H,7-10H2,1-2H3,(H,23,24,25,26). The Morgan fingerprint density at radius 3 is 2.69 bits per heavy atom. The van der Waals surface area contributed by atoms with E-state index in [1.165, 1.54) is 0 Å². The Hall–Kier alpha value is -3.26. The summed E-state index contributed by atoms with van der Waals surface area (Å²) >= 11 is 0. The number of rotatable bonds is 4. The molecule has 0 radical (unpaired) electrons. The minimum Gasteiger partial charge on any atom is -0.368 e. The fourth-order valence-electron chi connectivity index (χ4n) is 3.69. The lowest BCUT2D eigenvalue weighted by atomic mass is 10.0. The molecule has 1 aromatic carbocycles. The average Bonchev–Trinajstić information content (AvgIpc) is 3.20. The van der Waals surface area contributed by atoms with Crippen molar-refractivity contribution in [3.05, 3.63) is 42.4 Å². The number of hydrogen-bond donors (Lipinski definition) is 2. The van der Waals surface area contributed by atoms with Crippen molar-refractivity contribution in [2.75, 3.05) is 36.4 Å². The molecule has 4 aromatic rings. The number of benzene rings is 1. The van der Waals surface area contributed by atoms with Gasteiger partial charge in [0.1, 0.15) is 5.82 Å². The Morgan fingerprint density at radius 2 is 1.93 bits per heavy atom. The molecule has 0 amide bonds. The van der Waals surface area contributed by atoms with Gasteiger partial charge in [0.25, 0.3) is 0 Å². The maximum absolute atomic E-state index is 5.50. The third kappa shape index (κ3) is 3.36. The van der Waals surface area contributed by atoms with Crippen molar-refractivity contribution in [3.8, 4) is 0 Å². The molecule has 0 saturated carbocycles. The normalized spacial score (nSPS) is 14.8. The van der Waals surface area contributed by atoms with E-state index < -0.39 is 0 Å². The SMILES string of the molecule is CC(C)c1noc2ccc3cnc(Nc4ccc(N5CCNCC5)cn4)nc3c12. The maximum atomic E-state index is 5.50. The molecule has 148 valence electrons. The summed E-state index contributed by atoms with van der Waals surface area (Å²) in [4.78, 5) is 16.1. The van der Waals surface area contributed by atoms with Crippen molar-refractivity contribution in [3.63, 3.8) is 0 Å². The first-order chi connectivity index (χ1) is 14.2. The van der Waals surface area contributed by atoms with E-state index in [2.05, 4.69) is 50.6 Å². The number of aromatic nitrogens is 4. The van der Waals surface area contributed by atoms with Gasteiger partial charge in [0.05, 0.1) is 28.5 Å². The highest BCUT2D eigenvalue weighted by molar-refractivity contribution is 6.04. The minimum atomic E-state index is 0.243. The van der Waals surface area contributed by atoms with Crippen LogP contribution >= 0.6 is 0 Å². The molecule has 4 heterocycles. The Labute approximate surface area is 168 Å². The van der Waals surface area contributed by atoms with Gasteiger partial charge in [-0.25, -0.2) is 15.0 Å². The molecular formula is C21H23N7O. The van der Waals surface area contributed by atoms with E-state index in [1.54, 1.807) is 0 Å². The van der Waals surface area contributed by atoms with Crippen LogP contribution in [-0.2, 0) is 0 Å². The fraction of sp³-hybridized carbons (Fsp3) is 0.333. The summed E-state index contributed by atoms with van der Waals surface area (Å²) in [5.74, 6) is 1.46. The van der Waals surface area contributed by atoms with Crippen LogP contribution in [0.4, 0.5) is 17.5 Å². The fourth-order valence-corrected chi connectivity index (χ4v) is 3.69. The van der Waals surface area contributed by atoms with Gasteiger partial charge in [-0.2, -0.15) is 0 Å². The van der Waals surface area contributed by atoms with E-state index in [4.69, 9.17) is 9.51 Å². The molecule has 1 saturated heterocycles. The van der Waals surface area contributed by atoms with Crippen molar-refractivity contribution >= 4 is 39.3 Å². The Morgan fingerprint density at radius 1 is 1.07 bits per heavy atom. The van der Waals surface area contributed by atoms with E-state index in [0.717, 1.165) is 59.4 Å². The molecule has 2 N–H and O–H groups in total. The number of anilines is 3. The molecular weight excluding hydrogens is 366 g/mol. The predicted molar refractivity (Wildman–Crippen MR) is 114 cm³/mol. The van der Waals surface area contributed by atoms with Gasteiger partial charge in [0, 0.05) is 37.8 Å². The van der Waals surface area contributed by atoms with Crippen LogP contribution in [0.15, 0.2) is 41.2 Å². The zero-order valence-corrected chi connectivity index (χ0v) is 16.5. The molecule has 8 heteroatoms. The first kappa shape index (κ1) is 17.8. The van der Waals surface area contributed by atoms with Crippen molar-refractivity contribution in [2.24, 2.45) is 0 Å². The molecule has 0 aliphatic carbocycles. The topological polar surface area (TPSA) is 92.0 Å². The average molecular weight is 389 g/mol. The van der Waals surface area contributed by atoms with Crippen LogP contribution in [0.1, 0.15) is 25.5 Å². The summed E-state index contributed by atoms with van der Waals surface area (Å²) in [5, 5.41) is 12.7. The zero-order chi connectivity index (χ0) is 19.8. The lowest BCUT2D eigenvalue weighted by Gasteiger charge is -2.29. The highest BCUT2D eigenvalue weighted by Gasteiger charge is 2.16. The first-order valence-electron chi connectivity index (χ1n) is 9.93. The third-order valence-electron chi connectivity index (χ3n) is 5.23. The molecule has 1 aliphatic rings. The Kier molecular flexibility index (Phi) is 4.48. The van der Waals surface area contributed by atoms with Gasteiger partial charge in [0.15, 0.2) is 5.58 Å². The molecule has 1 fully saturated rings. The summed E-state index contributed by atoms with van der Waals surface area (Å²) < 4.78 is 5.50. The Bertz CT molecular complexity index is 1150. The number of nitrogens with zero attached hydrogens (tertiary/aromatic N) is 5. The quantitative estimate of drug-likeness (QED) is 0.548. The van der Waals surface area contributed by atoms with Gasteiger partial charge in [-0.15, -0.1) is 0 Å². The van der Waals surface area contributed by atoms with Crippen molar-refractivity contribution < 1.29 is 4.52 Å². The molecule has 8 nitrogen and oxygen atoms in total. The van der Waals surface area contributed by atoms with Crippen LogP contribution in [0.5, 0.6) is 0 Å². The Balaban J connectivity index is 1.46. The second kappa shape index (κ2) is 7.29. The summed E-state index contributed by atoms with van der Waals surface area (Å²) in [6.45, 7) is 8.19. The van der Waals surface area contributed by atoms with E-state index >= 15 is 0 Å². The van der Waals surface area contributed by atoms with Crippen molar-refractivity contribution in [1.82, 2.24) is 25.4 Å². The largest absolute Gasteiger partial charge is 0.368 e. The van der Waals surface area contributed by atoms with Gasteiger partial charge in [-0.1, -0.05) is 19.0 Å². The van der Waals surface area contributed by atoms with Gasteiger partial charge in [-0.3, -0.25) is 0 Å². The highest BCUT2D eigenvalue weighted by Crippen LogP contribution is 2.31. The summed E-state index contributed by atoms with van der Waals surface area (Å²) in [7, 11) is 0. The second-order valence-electron chi connectivity index (χ2n) is 7.56. The van der Waals surface area contributed by atoms with Crippen molar-refractivity contribution in [1.29, 1.82) is 0 Å². The second-order valence-corrected chi connectivity index (χ2v) is 7.56. The maximum Gasteiger partial charge on any atom is 0.228 e. The van der Waals surface area contributed by atoms with Crippen LogP contribution in [0, 0.1) is 0 Å². The molecule has 3 aromatic heterocycles. The number of hydrogen-bond acceptors (Lipinski definition) is 8. The molecule has 0 unspecified atom stereocenters. The van der Waals surface area contributed by atoms with E-state index in [1.807, 2.05) is 30.6 Å². The summed E-state index contributed by atoms with van der Waals surface area (Å²) in [5.41, 5.74) is 3.62. The van der Waals surface area contributed by atoms with Crippen LogP contribution in [0.3, 0.4) is 0 Å². The number of fused-ring (bicyclic) bond motifs is 3. The van der Waals surface area contributed by atoms with Gasteiger partial charge in [-0.05, 0) is 30.2 Å². The molecule has 0 bridgehead atoms. The minimum absolute atomic E-state index is 0.243. The van der Waals surface area contributed by atoms with Gasteiger partial charge >= 0.3 is 0 Å². The summed E-state index contributed by atoms with van der Waals surface area (Å²) in [6, 6.07) is 7.92. The zero-order valence-electron chi connectivity index (χ0n) is 16.5. The van der Waals surface area contributed by atoms with Gasteiger partial charge < -0.3 is 20.1 Å². The third-order valence-corrected chi connectivity index (χ3v) is 5.23. The van der Waals surface area contributed by atoms with Gasteiger partial charge in [0.2, 0.25) is 5.95 Å². The number of piperazine rings is 1. The molecule has 29 heavy (non-hydrogen) atoms. The first-order valence-corrected chi connectivity index (χ1v) is 9.93. The highest BCUT2D eigenvalue weighted by atomic mass is 16.5.